The van der Waals surface area contributed by atoms with Gasteiger partial charge in [-0.05, 0) is 5.56 Å². The molecule has 0 unspecified atom stereocenters. The topological polar surface area (TPSA) is 65.5 Å². The minimum Gasteiger partial charge on any atom is -0.350 e. The molecule has 1 aromatic carbocycles. The first kappa shape index (κ1) is 19.2. The highest BCUT2D eigenvalue weighted by molar-refractivity contribution is 7.14. The van der Waals surface area contributed by atoms with Crippen molar-refractivity contribution < 1.29 is 22.8 Å². The summed E-state index contributed by atoms with van der Waals surface area (Å²) in [6.45, 7) is 0.934. The van der Waals surface area contributed by atoms with E-state index in [2.05, 4.69) is 10.3 Å². The van der Waals surface area contributed by atoms with Crippen LogP contribution in [-0.4, -0.2) is 47.6 Å². The van der Waals surface area contributed by atoms with Gasteiger partial charge in [-0.25, -0.2) is 9.78 Å². The van der Waals surface area contributed by atoms with Gasteiger partial charge in [-0.2, -0.15) is 13.2 Å². The molecule has 144 valence electrons. The number of thiazole rings is 1. The summed E-state index contributed by atoms with van der Waals surface area (Å²) in [5, 5.41) is 3.98. The van der Waals surface area contributed by atoms with Crippen molar-refractivity contribution in [2.45, 2.75) is 19.1 Å². The molecule has 3 rings (SSSR count). The van der Waals surface area contributed by atoms with Crippen molar-refractivity contribution in [1.82, 2.24) is 15.2 Å². The van der Waals surface area contributed by atoms with E-state index in [1.54, 1.807) is 4.90 Å². The zero-order valence-electron chi connectivity index (χ0n) is 14.2. The number of nitrogens with zero attached hydrogens (tertiary/aromatic N) is 3. The summed E-state index contributed by atoms with van der Waals surface area (Å²) in [5.74, 6) is -0.686. The van der Waals surface area contributed by atoms with Crippen LogP contribution in [-0.2, 0) is 6.54 Å². The van der Waals surface area contributed by atoms with Crippen molar-refractivity contribution in [3.63, 3.8) is 0 Å². The monoisotopic (exact) mass is 398 g/mol. The highest BCUT2D eigenvalue weighted by atomic mass is 32.1. The first-order valence-corrected chi connectivity index (χ1v) is 9.12. The van der Waals surface area contributed by atoms with E-state index < -0.39 is 25.0 Å². The largest absolute Gasteiger partial charge is 0.390 e. The van der Waals surface area contributed by atoms with E-state index in [9.17, 15) is 22.8 Å². The Labute approximate surface area is 157 Å². The van der Waals surface area contributed by atoms with Gasteiger partial charge in [0, 0.05) is 31.6 Å². The molecule has 1 saturated heterocycles. The number of hydrogen-bond acceptors (Lipinski definition) is 4. The van der Waals surface area contributed by atoms with Gasteiger partial charge in [0.1, 0.15) is 5.69 Å². The molecule has 0 radical (unpaired) electrons. The molecule has 10 heteroatoms. The van der Waals surface area contributed by atoms with Crippen LogP contribution in [0.1, 0.15) is 22.5 Å². The fourth-order valence-electron chi connectivity index (χ4n) is 2.61. The first-order valence-electron chi connectivity index (χ1n) is 8.24. The van der Waals surface area contributed by atoms with Gasteiger partial charge in [0.15, 0.2) is 5.13 Å². The van der Waals surface area contributed by atoms with E-state index in [-0.39, 0.29) is 11.7 Å². The second-order valence-corrected chi connectivity index (χ2v) is 6.81. The summed E-state index contributed by atoms with van der Waals surface area (Å²) in [6, 6.07) is 9.36. The molecule has 6 nitrogen and oxygen atoms in total. The number of rotatable bonds is 6. The zero-order chi connectivity index (χ0) is 19.4. The molecule has 27 heavy (non-hydrogen) atoms. The number of hydrogen-bond donors (Lipinski definition) is 1. The maximum absolute atomic E-state index is 12.6. The van der Waals surface area contributed by atoms with Gasteiger partial charge in [-0.3, -0.25) is 9.69 Å². The summed E-state index contributed by atoms with van der Waals surface area (Å²) < 4.78 is 36.4. The molecule has 1 aliphatic rings. The van der Waals surface area contributed by atoms with E-state index in [1.807, 2.05) is 30.3 Å². The molecule has 0 bridgehead atoms. The molecule has 1 N–H and O–H groups in total. The Bertz CT molecular complexity index is 810. The Morgan fingerprint density at radius 1 is 1.22 bits per heavy atom. The SMILES string of the molecule is O=C(NCCC(F)(F)F)c1csc(N2CCN(Cc3ccccc3)C2=O)n1. The summed E-state index contributed by atoms with van der Waals surface area (Å²) in [7, 11) is 0. The van der Waals surface area contributed by atoms with Gasteiger partial charge in [0.2, 0.25) is 0 Å². The maximum atomic E-state index is 12.6. The lowest BCUT2D eigenvalue weighted by Crippen LogP contribution is -2.31. The number of benzene rings is 1. The molecule has 1 fully saturated rings. The van der Waals surface area contributed by atoms with Gasteiger partial charge >= 0.3 is 12.2 Å². The minimum absolute atomic E-state index is 0.00600. The van der Waals surface area contributed by atoms with Crippen molar-refractivity contribution in [3.05, 3.63) is 47.0 Å². The number of anilines is 1. The van der Waals surface area contributed by atoms with Crippen LogP contribution in [0.15, 0.2) is 35.7 Å². The van der Waals surface area contributed by atoms with Gasteiger partial charge in [-0.1, -0.05) is 30.3 Å². The van der Waals surface area contributed by atoms with Crippen LogP contribution in [0.25, 0.3) is 0 Å². The predicted octanol–water partition coefficient (Wildman–Crippen LogP) is 3.27. The molecule has 0 aliphatic carbocycles. The summed E-state index contributed by atoms with van der Waals surface area (Å²) in [4.78, 5) is 31.7. The van der Waals surface area contributed by atoms with Crippen molar-refractivity contribution in [3.8, 4) is 0 Å². The molecule has 0 saturated carbocycles. The molecule has 1 aromatic heterocycles. The molecule has 3 amide bonds. The third-order valence-corrected chi connectivity index (χ3v) is 4.82. The lowest BCUT2D eigenvalue weighted by molar-refractivity contribution is -0.133. The Morgan fingerprint density at radius 2 is 1.96 bits per heavy atom. The van der Waals surface area contributed by atoms with Crippen LogP contribution in [0, 0.1) is 0 Å². The van der Waals surface area contributed by atoms with Crippen LogP contribution >= 0.6 is 11.3 Å². The number of carbonyl (C=O) groups is 2. The van der Waals surface area contributed by atoms with E-state index >= 15 is 0 Å². The van der Waals surface area contributed by atoms with E-state index in [0.29, 0.717) is 24.8 Å². The number of carbonyl (C=O) groups excluding carboxylic acids is 2. The fourth-order valence-corrected chi connectivity index (χ4v) is 3.44. The van der Waals surface area contributed by atoms with Gasteiger partial charge in [-0.15, -0.1) is 11.3 Å². The number of aromatic nitrogens is 1. The van der Waals surface area contributed by atoms with E-state index in [4.69, 9.17) is 0 Å². The Balaban J connectivity index is 1.58. The van der Waals surface area contributed by atoms with Crippen molar-refractivity contribution in [2.24, 2.45) is 0 Å². The van der Waals surface area contributed by atoms with Gasteiger partial charge in [0.25, 0.3) is 5.91 Å². The Morgan fingerprint density at radius 3 is 2.67 bits per heavy atom. The lowest BCUT2D eigenvalue weighted by Gasteiger charge is -2.16. The van der Waals surface area contributed by atoms with Gasteiger partial charge in [0.05, 0.1) is 6.42 Å². The van der Waals surface area contributed by atoms with Gasteiger partial charge < -0.3 is 10.2 Å². The quantitative estimate of drug-likeness (QED) is 0.812. The van der Waals surface area contributed by atoms with Crippen molar-refractivity contribution in [1.29, 1.82) is 0 Å². The standard InChI is InChI=1S/C17H17F3N4O2S/c18-17(19,20)6-7-21-14(25)13-11-27-15(22-13)24-9-8-23(16(24)26)10-12-4-2-1-3-5-12/h1-5,11H,6-10H2,(H,21,25). The molecule has 2 heterocycles. The number of urea groups is 1. The van der Waals surface area contributed by atoms with E-state index in [1.165, 1.54) is 10.3 Å². The number of amides is 3. The molecular weight excluding hydrogens is 381 g/mol. The maximum Gasteiger partial charge on any atom is 0.390 e. The second kappa shape index (κ2) is 7.95. The highest BCUT2D eigenvalue weighted by Crippen LogP contribution is 2.25. The smallest absolute Gasteiger partial charge is 0.350 e. The lowest BCUT2D eigenvalue weighted by atomic mass is 10.2. The Kier molecular flexibility index (Phi) is 5.64. The predicted molar refractivity (Wildman–Crippen MR) is 94.7 cm³/mol. The van der Waals surface area contributed by atoms with Crippen LogP contribution in [0.4, 0.5) is 23.1 Å². The van der Waals surface area contributed by atoms with Crippen LogP contribution in [0.3, 0.4) is 0 Å². The Hall–Kier alpha value is -2.62. The number of alkyl halides is 3. The summed E-state index contributed by atoms with van der Waals surface area (Å²) in [5.41, 5.74) is 1.02. The van der Waals surface area contributed by atoms with Crippen molar-refractivity contribution in [2.75, 3.05) is 24.5 Å². The van der Waals surface area contributed by atoms with Crippen LogP contribution in [0.5, 0.6) is 0 Å². The molecule has 1 aliphatic heterocycles. The van der Waals surface area contributed by atoms with Crippen LogP contribution < -0.4 is 10.2 Å². The number of nitrogens with one attached hydrogen (secondary N) is 1. The van der Waals surface area contributed by atoms with Crippen LogP contribution in [0.2, 0.25) is 0 Å². The second-order valence-electron chi connectivity index (χ2n) is 5.98. The zero-order valence-corrected chi connectivity index (χ0v) is 15.0. The highest BCUT2D eigenvalue weighted by Gasteiger charge is 2.32. The normalized spacial score (nSPS) is 14.7. The molecule has 0 atom stereocenters. The first-order chi connectivity index (χ1) is 12.8. The average Bonchev–Trinajstić information content (AvgIpc) is 3.22. The van der Waals surface area contributed by atoms with E-state index in [0.717, 1.165) is 16.9 Å². The molecule has 2 aromatic rings. The third kappa shape index (κ3) is 4.97. The fraction of sp³-hybridized carbons (Fsp3) is 0.353. The summed E-state index contributed by atoms with van der Waals surface area (Å²) in [6.07, 6.45) is -5.43. The minimum atomic E-state index is -4.33. The molecular formula is C17H17F3N4O2S. The van der Waals surface area contributed by atoms with Crippen molar-refractivity contribution >= 4 is 28.4 Å². The summed E-state index contributed by atoms with van der Waals surface area (Å²) >= 11 is 1.11. The average molecular weight is 398 g/mol. The number of halogens is 3. The third-order valence-electron chi connectivity index (χ3n) is 3.96. The molecule has 0 spiro atoms.